The maximum absolute atomic E-state index is 12.2. The van der Waals surface area contributed by atoms with Crippen molar-refractivity contribution in [1.29, 1.82) is 0 Å². The van der Waals surface area contributed by atoms with Gasteiger partial charge in [-0.3, -0.25) is 0 Å². The van der Waals surface area contributed by atoms with Crippen LogP contribution < -0.4 is 5.32 Å². The van der Waals surface area contributed by atoms with Crippen LogP contribution in [0.2, 0.25) is 0 Å². The minimum Gasteiger partial charge on any atom is -0.396 e. The predicted molar refractivity (Wildman–Crippen MR) is 97.2 cm³/mol. The molecule has 0 saturated carbocycles. The monoisotopic (exact) mass is 340 g/mol. The summed E-state index contributed by atoms with van der Waals surface area (Å²) >= 11 is 0. The number of rotatable bonds is 6. The van der Waals surface area contributed by atoms with Gasteiger partial charge in [-0.05, 0) is 29.7 Å². The highest BCUT2D eigenvalue weighted by Crippen LogP contribution is 2.17. The molecule has 1 aliphatic heterocycles. The standard InChI is InChI=1S/C20H24N2O3/c23-13-18-10-11-22(12-18)20(24)21-19-8-6-17(7-9-19)15-25-14-16-4-2-1-3-5-16/h1-9,18,23H,10-15H2,(H,21,24). The molecule has 5 nitrogen and oxygen atoms in total. The van der Waals surface area contributed by atoms with Gasteiger partial charge in [0, 0.05) is 31.3 Å². The van der Waals surface area contributed by atoms with Crippen LogP contribution in [0.5, 0.6) is 0 Å². The Kier molecular flexibility index (Phi) is 6.04. The summed E-state index contributed by atoms with van der Waals surface area (Å²) in [5.74, 6) is 0.204. The van der Waals surface area contributed by atoms with Crippen molar-refractivity contribution in [3.8, 4) is 0 Å². The Hall–Kier alpha value is -2.37. The first kappa shape index (κ1) is 17.5. The lowest BCUT2D eigenvalue weighted by atomic mass is 10.1. The van der Waals surface area contributed by atoms with Crippen LogP contribution in [0.4, 0.5) is 10.5 Å². The van der Waals surface area contributed by atoms with Crippen LogP contribution in [0.25, 0.3) is 0 Å². The number of aliphatic hydroxyl groups is 1. The molecule has 0 bridgehead atoms. The lowest BCUT2D eigenvalue weighted by molar-refractivity contribution is 0.107. The molecule has 3 rings (SSSR count). The van der Waals surface area contributed by atoms with E-state index in [9.17, 15) is 4.79 Å². The lowest BCUT2D eigenvalue weighted by Crippen LogP contribution is -2.33. The van der Waals surface area contributed by atoms with Crippen molar-refractivity contribution in [3.63, 3.8) is 0 Å². The molecule has 1 heterocycles. The fourth-order valence-electron chi connectivity index (χ4n) is 2.91. The van der Waals surface area contributed by atoms with E-state index in [0.717, 1.165) is 23.2 Å². The molecule has 132 valence electrons. The van der Waals surface area contributed by atoms with Crippen molar-refractivity contribution in [2.75, 3.05) is 25.0 Å². The molecular formula is C20H24N2O3. The number of hydrogen-bond acceptors (Lipinski definition) is 3. The summed E-state index contributed by atoms with van der Waals surface area (Å²) < 4.78 is 5.71. The van der Waals surface area contributed by atoms with Crippen molar-refractivity contribution in [2.24, 2.45) is 5.92 Å². The van der Waals surface area contributed by atoms with Crippen molar-refractivity contribution < 1.29 is 14.6 Å². The predicted octanol–water partition coefficient (Wildman–Crippen LogP) is 3.25. The van der Waals surface area contributed by atoms with Gasteiger partial charge in [-0.15, -0.1) is 0 Å². The average molecular weight is 340 g/mol. The molecule has 25 heavy (non-hydrogen) atoms. The minimum absolute atomic E-state index is 0.107. The Morgan fingerprint density at radius 2 is 1.76 bits per heavy atom. The molecule has 2 aromatic carbocycles. The maximum Gasteiger partial charge on any atom is 0.321 e. The second kappa shape index (κ2) is 8.65. The highest BCUT2D eigenvalue weighted by Gasteiger charge is 2.25. The van der Waals surface area contributed by atoms with E-state index in [0.29, 0.717) is 26.3 Å². The van der Waals surface area contributed by atoms with Crippen LogP contribution in [-0.4, -0.2) is 35.7 Å². The van der Waals surface area contributed by atoms with Crippen LogP contribution in [0, 0.1) is 5.92 Å². The number of amides is 2. The van der Waals surface area contributed by atoms with Gasteiger partial charge in [-0.2, -0.15) is 0 Å². The zero-order chi connectivity index (χ0) is 17.5. The molecule has 0 radical (unpaired) electrons. The Bertz CT molecular complexity index is 673. The number of hydrogen-bond donors (Lipinski definition) is 2. The molecule has 2 amide bonds. The molecule has 1 aliphatic rings. The summed E-state index contributed by atoms with van der Waals surface area (Å²) in [5, 5.41) is 12.1. The van der Waals surface area contributed by atoms with Crippen molar-refractivity contribution in [2.45, 2.75) is 19.6 Å². The number of benzene rings is 2. The third-order valence-corrected chi connectivity index (χ3v) is 4.42. The van der Waals surface area contributed by atoms with Crippen molar-refractivity contribution in [3.05, 3.63) is 65.7 Å². The molecule has 1 atom stereocenters. The number of urea groups is 1. The largest absolute Gasteiger partial charge is 0.396 e. The minimum atomic E-state index is -0.107. The first-order valence-electron chi connectivity index (χ1n) is 8.62. The van der Waals surface area contributed by atoms with Crippen LogP contribution >= 0.6 is 0 Å². The Morgan fingerprint density at radius 3 is 2.40 bits per heavy atom. The van der Waals surface area contributed by atoms with Crippen LogP contribution in [0.15, 0.2) is 54.6 Å². The maximum atomic E-state index is 12.2. The number of likely N-dealkylation sites (tertiary alicyclic amines) is 1. The van der Waals surface area contributed by atoms with Gasteiger partial charge in [0.15, 0.2) is 0 Å². The Morgan fingerprint density at radius 1 is 1.08 bits per heavy atom. The molecule has 5 heteroatoms. The molecule has 0 aliphatic carbocycles. The normalized spacial score (nSPS) is 16.8. The molecule has 1 unspecified atom stereocenters. The van der Waals surface area contributed by atoms with Crippen molar-refractivity contribution in [1.82, 2.24) is 4.90 Å². The first-order chi connectivity index (χ1) is 12.2. The molecule has 1 fully saturated rings. The van der Waals surface area contributed by atoms with E-state index in [1.165, 1.54) is 0 Å². The molecule has 0 aromatic heterocycles. The molecule has 1 saturated heterocycles. The van der Waals surface area contributed by atoms with E-state index >= 15 is 0 Å². The molecule has 0 spiro atoms. The van der Waals surface area contributed by atoms with Gasteiger partial charge >= 0.3 is 6.03 Å². The number of carbonyl (C=O) groups is 1. The van der Waals surface area contributed by atoms with Crippen LogP contribution in [0.1, 0.15) is 17.5 Å². The molecule has 2 N–H and O–H groups in total. The second-order valence-corrected chi connectivity index (χ2v) is 6.39. The van der Waals surface area contributed by atoms with Gasteiger partial charge in [-0.25, -0.2) is 4.79 Å². The molecule has 2 aromatic rings. The Labute approximate surface area is 148 Å². The van der Waals surface area contributed by atoms with E-state index in [2.05, 4.69) is 5.32 Å². The number of aliphatic hydroxyl groups excluding tert-OH is 1. The van der Waals surface area contributed by atoms with Gasteiger partial charge in [0.25, 0.3) is 0 Å². The van der Waals surface area contributed by atoms with Crippen molar-refractivity contribution >= 4 is 11.7 Å². The number of carbonyl (C=O) groups excluding carboxylic acids is 1. The zero-order valence-corrected chi connectivity index (χ0v) is 14.2. The third-order valence-electron chi connectivity index (χ3n) is 4.42. The van der Waals surface area contributed by atoms with Gasteiger partial charge in [0.1, 0.15) is 0 Å². The fourth-order valence-corrected chi connectivity index (χ4v) is 2.91. The van der Waals surface area contributed by atoms with E-state index in [4.69, 9.17) is 9.84 Å². The second-order valence-electron chi connectivity index (χ2n) is 6.39. The van der Waals surface area contributed by atoms with Crippen LogP contribution in [0.3, 0.4) is 0 Å². The topological polar surface area (TPSA) is 61.8 Å². The number of nitrogens with one attached hydrogen (secondary N) is 1. The van der Waals surface area contributed by atoms with Crippen LogP contribution in [-0.2, 0) is 18.0 Å². The SMILES string of the molecule is O=C(Nc1ccc(COCc2ccccc2)cc1)N1CCC(CO)C1. The summed E-state index contributed by atoms with van der Waals surface area (Å²) in [5.41, 5.74) is 2.98. The highest BCUT2D eigenvalue weighted by atomic mass is 16.5. The third kappa shape index (κ3) is 5.05. The zero-order valence-electron chi connectivity index (χ0n) is 14.2. The average Bonchev–Trinajstić information content (AvgIpc) is 3.13. The Balaban J connectivity index is 1.45. The smallest absolute Gasteiger partial charge is 0.321 e. The summed E-state index contributed by atoms with van der Waals surface area (Å²) in [7, 11) is 0. The highest BCUT2D eigenvalue weighted by molar-refractivity contribution is 5.89. The number of anilines is 1. The van der Waals surface area contributed by atoms with E-state index < -0.39 is 0 Å². The summed E-state index contributed by atoms with van der Waals surface area (Å²) in [4.78, 5) is 13.9. The summed E-state index contributed by atoms with van der Waals surface area (Å²) in [6.45, 7) is 2.57. The van der Waals surface area contributed by atoms with E-state index in [1.807, 2.05) is 54.6 Å². The van der Waals surface area contributed by atoms with Gasteiger partial charge < -0.3 is 20.1 Å². The van der Waals surface area contributed by atoms with Gasteiger partial charge in [0.05, 0.1) is 13.2 Å². The van der Waals surface area contributed by atoms with E-state index in [-0.39, 0.29) is 18.6 Å². The van der Waals surface area contributed by atoms with Gasteiger partial charge in [0.2, 0.25) is 0 Å². The molecular weight excluding hydrogens is 316 g/mol. The van der Waals surface area contributed by atoms with Gasteiger partial charge in [-0.1, -0.05) is 42.5 Å². The summed E-state index contributed by atoms with van der Waals surface area (Å²) in [6, 6.07) is 17.7. The quantitative estimate of drug-likeness (QED) is 0.848. The fraction of sp³-hybridized carbons (Fsp3) is 0.350. The number of nitrogens with zero attached hydrogens (tertiary/aromatic N) is 1. The summed E-state index contributed by atoms with van der Waals surface area (Å²) in [6.07, 6.45) is 0.863. The number of ether oxygens (including phenoxy) is 1. The van der Waals surface area contributed by atoms with E-state index in [1.54, 1.807) is 4.90 Å². The first-order valence-corrected chi connectivity index (χ1v) is 8.62. The lowest BCUT2D eigenvalue weighted by Gasteiger charge is -2.17.